The van der Waals surface area contributed by atoms with Crippen molar-refractivity contribution in [1.82, 2.24) is 5.32 Å². The maximum Gasteiger partial charge on any atom is 0.0175 e. The molecule has 2 heteroatoms. The second-order valence-electron chi connectivity index (χ2n) is 4.84. The van der Waals surface area contributed by atoms with Crippen LogP contribution in [0.25, 0.3) is 0 Å². The predicted octanol–water partition coefficient (Wildman–Crippen LogP) is 4.08. The molecule has 88 valence electrons. The molecule has 1 nitrogen and oxygen atoms in total. The predicted molar refractivity (Wildman–Crippen MR) is 72.8 cm³/mol. The van der Waals surface area contributed by atoms with Crippen molar-refractivity contribution >= 4 is 15.9 Å². The highest BCUT2D eigenvalue weighted by Crippen LogP contribution is 2.25. The summed E-state index contributed by atoms with van der Waals surface area (Å²) in [5.74, 6) is 0.656. The highest BCUT2D eigenvalue weighted by Gasteiger charge is 2.16. The van der Waals surface area contributed by atoms with Crippen molar-refractivity contribution in [3.05, 3.63) is 34.3 Å². The van der Waals surface area contributed by atoms with Crippen molar-refractivity contribution in [1.29, 1.82) is 0 Å². The van der Waals surface area contributed by atoms with E-state index in [2.05, 4.69) is 52.4 Å². The summed E-state index contributed by atoms with van der Waals surface area (Å²) in [4.78, 5) is 0. The Labute approximate surface area is 107 Å². The number of halogens is 1. The van der Waals surface area contributed by atoms with Gasteiger partial charge >= 0.3 is 0 Å². The first-order chi connectivity index (χ1) is 7.75. The van der Waals surface area contributed by atoms with Gasteiger partial charge in [-0.25, -0.2) is 0 Å². The lowest BCUT2D eigenvalue weighted by atomic mass is 9.90. The molecule has 16 heavy (non-hydrogen) atoms. The molecule has 1 saturated heterocycles. The first kappa shape index (κ1) is 12.1. The van der Waals surface area contributed by atoms with Crippen LogP contribution in [0.5, 0.6) is 0 Å². The molecular weight excluding hydrogens is 262 g/mol. The van der Waals surface area contributed by atoms with Gasteiger partial charge in [-0.05, 0) is 49.4 Å². The van der Waals surface area contributed by atoms with Crippen molar-refractivity contribution in [2.75, 3.05) is 6.54 Å². The highest BCUT2D eigenvalue weighted by molar-refractivity contribution is 9.10. The minimum absolute atomic E-state index is 0.656. The third-order valence-electron chi connectivity index (χ3n) is 3.49. The molecule has 1 aromatic carbocycles. The molecule has 1 N–H and O–H groups in total. The van der Waals surface area contributed by atoms with Crippen LogP contribution in [0.15, 0.2) is 28.7 Å². The standard InChI is InChI=1S/C14H20BrN/c1-11(10-14-4-2-3-9-16-14)12-5-7-13(15)8-6-12/h5-8,11,14,16H,2-4,9-10H2,1H3. The maximum absolute atomic E-state index is 3.62. The van der Waals surface area contributed by atoms with Crippen LogP contribution in [0.4, 0.5) is 0 Å². The first-order valence-electron chi connectivity index (χ1n) is 6.24. The number of piperidine rings is 1. The van der Waals surface area contributed by atoms with Gasteiger partial charge in [0.1, 0.15) is 0 Å². The third-order valence-corrected chi connectivity index (χ3v) is 4.02. The van der Waals surface area contributed by atoms with Crippen LogP contribution in [0.3, 0.4) is 0 Å². The van der Waals surface area contributed by atoms with E-state index in [0.717, 1.165) is 6.04 Å². The molecule has 2 unspecified atom stereocenters. The lowest BCUT2D eigenvalue weighted by Crippen LogP contribution is -2.34. The molecule has 0 radical (unpaired) electrons. The van der Waals surface area contributed by atoms with E-state index in [1.165, 1.54) is 42.3 Å². The molecule has 1 aliphatic heterocycles. The summed E-state index contributed by atoms with van der Waals surface area (Å²) in [6.07, 6.45) is 5.36. The van der Waals surface area contributed by atoms with Crippen LogP contribution in [0.1, 0.15) is 44.1 Å². The van der Waals surface area contributed by atoms with Crippen molar-refractivity contribution < 1.29 is 0 Å². The molecule has 2 atom stereocenters. The lowest BCUT2D eigenvalue weighted by Gasteiger charge is -2.26. The summed E-state index contributed by atoms with van der Waals surface area (Å²) in [5.41, 5.74) is 1.45. The Morgan fingerprint density at radius 1 is 1.31 bits per heavy atom. The number of rotatable bonds is 3. The largest absolute Gasteiger partial charge is 0.314 e. The highest BCUT2D eigenvalue weighted by atomic mass is 79.9. The zero-order valence-electron chi connectivity index (χ0n) is 9.88. The molecule has 1 fully saturated rings. The molecule has 1 aromatic rings. The number of hydrogen-bond acceptors (Lipinski definition) is 1. The Hall–Kier alpha value is -0.340. The average molecular weight is 282 g/mol. The first-order valence-corrected chi connectivity index (χ1v) is 7.04. The molecule has 2 rings (SSSR count). The fourth-order valence-corrected chi connectivity index (χ4v) is 2.74. The van der Waals surface area contributed by atoms with Gasteiger partial charge in [0.05, 0.1) is 0 Å². The van der Waals surface area contributed by atoms with E-state index < -0.39 is 0 Å². The Balaban J connectivity index is 1.91. The van der Waals surface area contributed by atoms with Gasteiger partial charge < -0.3 is 5.32 Å². The van der Waals surface area contributed by atoms with Gasteiger partial charge in [-0.3, -0.25) is 0 Å². The monoisotopic (exact) mass is 281 g/mol. The van der Waals surface area contributed by atoms with E-state index in [9.17, 15) is 0 Å². The summed E-state index contributed by atoms with van der Waals surface area (Å²) in [5, 5.41) is 3.62. The van der Waals surface area contributed by atoms with Gasteiger partial charge in [0.15, 0.2) is 0 Å². The summed E-state index contributed by atoms with van der Waals surface area (Å²) >= 11 is 3.48. The van der Waals surface area contributed by atoms with Crippen molar-refractivity contribution in [3.63, 3.8) is 0 Å². The number of hydrogen-bond donors (Lipinski definition) is 1. The van der Waals surface area contributed by atoms with E-state index in [1.807, 2.05) is 0 Å². The van der Waals surface area contributed by atoms with Crippen LogP contribution in [-0.2, 0) is 0 Å². The summed E-state index contributed by atoms with van der Waals surface area (Å²) in [6.45, 7) is 3.54. The Morgan fingerprint density at radius 3 is 2.69 bits per heavy atom. The van der Waals surface area contributed by atoms with Gasteiger partial charge in [-0.2, -0.15) is 0 Å². The lowest BCUT2D eigenvalue weighted by molar-refractivity contribution is 0.366. The van der Waals surface area contributed by atoms with Crippen molar-refractivity contribution in [2.45, 2.75) is 44.6 Å². The van der Waals surface area contributed by atoms with E-state index in [-0.39, 0.29) is 0 Å². The smallest absolute Gasteiger partial charge is 0.0175 e. The fraction of sp³-hybridized carbons (Fsp3) is 0.571. The van der Waals surface area contributed by atoms with E-state index >= 15 is 0 Å². The topological polar surface area (TPSA) is 12.0 Å². The second-order valence-corrected chi connectivity index (χ2v) is 5.75. The van der Waals surface area contributed by atoms with Crippen LogP contribution in [0.2, 0.25) is 0 Å². The summed E-state index contributed by atoms with van der Waals surface area (Å²) < 4.78 is 1.17. The summed E-state index contributed by atoms with van der Waals surface area (Å²) in [6, 6.07) is 9.47. The molecule has 0 saturated carbocycles. The van der Waals surface area contributed by atoms with Gasteiger partial charge in [-0.15, -0.1) is 0 Å². The SMILES string of the molecule is CC(CC1CCCCN1)c1ccc(Br)cc1. The summed E-state index contributed by atoms with van der Waals surface area (Å²) in [7, 11) is 0. The van der Waals surface area contributed by atoms with Gasteiger partial charge in [0.25, 0.3) is 0 Å². The number of nitrogens with one attached hydrogen (secondary N) is 1. The second kappa shape index (κ2) is 5.83. The minimum atomic E-state index is 0.656. The van der Waals surface area contributed by atoms with E-state index in [1.54, 1.807) is 0 Å². The van der Waals surface area contributed by atoms with E-state index in [4.69, 9.17) is 0 Å². The molecule has 0 bridgehead atoms. The zero-order valence-corrected chi connectivity index (χ0v) is 11.5. The zero-order chi connectivity index (χ0) is 11.4. The molecule has 0 spiro atoms. The van der Waals surface area contributed by atoms with Crippen LogP contribution in [-0.4, -0.2) is 12.6 Å². The molecular formula is C14H20BrN. The van der Waals surface area contributed by atoms with Gasteiger partial charge in [0, 0.05) is 10.5 Å². The van der Waals surface area contributed by atoms with Crippen LogP contribution >= 0.6 is 15.9 Å². The van der Waals surface area contributed by atoms with Crippen molar-refractivity contribution in [3.8, 4) is 0 Å². The Morgan fingerprint density at radius 2 is 2.06 bits per heavy atom. The molecule has 1 aliphatic rings. The Bertz CT molecular complexity index is 314. The van der Waals surface area contributed by atoms with E-state index in [0.29, 0.717) is 5.92 Å². The normalized spacial score (nSPS) is 23.0. The Kier molecular flexibility index (Phi) is 4.42. The quantitative estimate of drug-likeness (QED) is 0.880. The van der Waals surface area contributed by atoms with Gasteiger partial charge in [-0.1, -0.05) is 41.4 Å². The third kappa shape index (κ3) is 3.33. The molecule has 0 aromatic heterocycles. The number of benzene rings is 1. The maximum atomic E-state index is 3.62. The van der Waals surface area contributed by atoms with Crippen LogP contribution < -0.4 is 5.32 Å². The fourth-order valence-electron chi connectivity index (χ4n) is 2.48. The minimum Gasteiger partial charge on any atom is -0.314 e. The average Bonchev–Trinajstić information content (AvgIpc) is 2.31. The molecule has 0 amide bonds. The van der Waals surface area contributed by atoms with Gasteiger partial charge in [0.2, 0.25) is 0 Å². The van der Waals surface area contributed by atoms with Crippen LogP contribution in [0, 0.1) is 0 Å². The molecule has 0 aliphatic carbocycles. The molecule has 1 heterocycles. The van der Waals surface area contributed by atoms with Crippen molar-refractivity contribution in [2.24, 2.45) is 0 Å².